The maximum Gasteiger partial charge on any atom is 0.253 e. The molecule has 5 heteroatoms. The number of hydrogen-bond acceptors (Lipinski definition) is 3. The zero-order valence-electron chi connectivity index (χ0n) is 15.2. The largest absolute Gasteiger partial charge is 0.383 e. The SMILES string of the molecule is COC[C@@H]1CCCN1C[C@H](C(C)C)N(C)C(=O)c1ccc(Cl)cc1. The fraction of sp³-hybridized carbons (Fsp3) is 0.632. The second-order valence-electron chi connectivity index (χ2n) is 6.98. The Labute approximate surface area is 150 Å². The summed E-state index contributed by atoms with van der Waals surface area (Å²) in [5, 5.41) is 0.647. The van der Waals surface area contributed by atoms with Gasteiger partial charge in [0.25, 0.3) is 5.91 Å². The van der Waals surface area contributed by atoms with Crippen LogP contribution in [0.2, 0.25) is 5.02 Å². The van der Waals surface area contributed by atoms with Crippen LogP contribution < -0.4 is 0 Å². The summed E-state index contributed by atoms with van der Waals surface area (Å²) in [4.78, 5) is 17.2. The summed E-state index contributed by atoms with van der Waals surface area (Å²) in [5.74, 6) is 0.433. The first-order valence-electron chi connectivity index (χ1n) is 8.69. The highest BCUT2D eigenvalue weighted by molar-refractivity contribution is 6.30. The van der Waals surface area contributed by atoms with Crippen LogP contribution in [0.3, 0.4) is 0 Å². The van der Waals surface area contributed by atoms with Gasteiger partial charge in [-0.3, -0.25) is 9.69 Å². The summed E-state index contributed by atoms with van der Waals surface area (Å²) in [7, 11) is 3.66. The van der Waals surface area contributed by atoms with Crippen LogP contribution in [0.15, 0.2) is 24.3 Å². The zero-order valence-corrected chi connectivity index (χ0v) is 15.9. The highest BCUT2D eigenvalue weighted by atomic mass is 35.5. The molecule has 0 aromatic heterocycles. The first kappa shape index (κ1) is 19.2. The third-order valence-corrected chi connectivity index (χ3v) is 5.21. The molecule has 0 bridgehead atoms. The van der Waals surface area contributed by atoms with Gasteiger partial charge in [0.2, 0.25) is 0 Å². The highest BCUT2D eigenvalue weighted by Crippen LogP contribution is 2.22. The maximum absolute atomic E-state index is 12.8. The smallest absolute Gasteiger partial charge is 0.253 e. The lowest BCUT2D eigenvalue weighted by atomic mass is 10.0. The van der Waals surface area contributed by atoms with Crippen LogP contribution in [0.4, 0.5) is 0 Å². The molecule has 1 amide bonds. The van der Waals surface area contributed by atoms with E-state index in [1.165, 1.54) is 12.8 Å². The second kappa shape index (κ2) is 8.84. The minimum Gasteiger partial charge on any atom is -0.383 e. The van der Waals surface area contributed by atoms with E-state index < -0.39 is 0 Å². The van der Waals surface area contributed by atoms with Crippen molar-refractivity contribution in [2.75, 3.05) is 33.9 Å². The molecular weight excluding hydrogens is 324 g/mol. The number of methoxy groups -OCH3 is 1. The molecule has 0 saturated carbocycles. The molecule has 2 rings (SSSR count). The van der Waals surface area contributed by atoms with Crippen molar-refractivity contribution < 1.29 is 9.53 Å². The molecule has 1 aromatic rings. The molecule has 1 aliphatic rings. The van der Waals surface area contributed by atoms with Crippen LogP contribution in [0.5, 0.6) is 0 Å². The number of carbonyl (C=O) groups excluding carboxylic acids is 1. The lowest BCUT2D eigenvalue weighted by Gasteiger charge is -2.36. The summed E-state index contributed by atoms with van der Waals surface area (Å²) in [6, 6.07) is 7.76. The summed E-state index contributed by atoms with van der Waals surface area (Å²) in [6.07, 6.45) is 2.38. The quantitative estimate of drug-likeness (QED) is 0.752. The number of halogens is 1. The Morgan fingerprint density at radius 2 is 2.04 bits per heavy atom. The van der Waals surface area contributed by atoms with Gasteiger partial charge in [-0.15, -0.1) is 0 Å². The fourth-order valence-electron chi connectivity index (χ4n) is 3.48. The molecule has 1 heterocycles. The monoisotopic (exact) mass is 352 g/mol. The normalized spacial score (nSPS) is 19.7. The molecule has 0 spiro atoms. The van der Waals surface area contributed by atoms with Gasteiger partial charge >= 0.3 is 0 Å². The molecule has 1 aromatic carbocycles. The van der Waals surface area contributed by atoms with Crippen LogP contribution in [0.1, 0.15) is 37.0 Å². The van der Waals surface area contributed by atoms with Crippen molar-refractivity contribution in [1.29, 1.82) is 0 Å². The lowest BCUT2D eigenvalue weighted by Crippen LogP contribution is -2.49. The number of rotatable bonds is 7. The first-order valence-corrected chi connectivity index (χ1v) is 9.07. The van der Waals surface area contributed by atoms with E-state index in [1.54, 1.807) is 31.4 Å². The molecule has 0 unspecified atom stereocenters. The summed E-state index contributed by atoms with van der Waals surface area (Å²) < 4.78 is 5.35. The molecule has 24 heavy (non-hydrogen) atoms. The molecule has 0 N–H and O–H groups in total. The Morgan fingerprint density at radius 3 is 2.62 bits per heavy atom. The van der Waals surface area contributed by atoms with E-state index in [1.807, 2.05) is 11.9 Å². The van der Waals surface area contributed by atoms with E-state index in [9.17, 15) is 4.79 Å². The highest BCUT2D eigenvalue weighted by Gasteiger charge is 2.31. The summed E-state index contributed by atoms with van der Waals surface area (Å²) in [6.45, 7) is 7.09. The van der Waals surface area contributed by atoms with Crippen molar-refractivity contribution in [3.8, 4) is 0 Å². The van der Waals surface area contributed by atoms with Crippen molar-refractivity contribution in [3.05, 3.63) is 34.9 Å². The standard InChI is InChI=1S/C19H29ClN2O2/c1-14(2)18(12-22-11-5-6-17(22)13-24-4)21(3)19(23)15-7-9-16(20)10-8-15/h7-10,14,17-18H,5-6,11-13H2,1-4H3/t17-,18+/m0/s1. The van der Waals surface area contributed by atoms with Gasteiger partial charge in [0.15, 0.2) is 0 Å². The fourth-order valence-corrected chi connectivity index (χ4v) is 3.61. The number of hydrogen-bond donors (Lipinski definition) is 0. The van der Waals surface area contributed by atoms with Crippen LogP contribution in [0, 0.1) is 5.92 Å². The van der Waals surface area contributed by atoms with Crippen molar-refractivity contribution in [3.63, 3.8) is 0 Å². The summed E-state index contributed by atoms with van der Waals surface area (Å²) >= 11 is 5.92. The Balaban J connectivity index is 2.08. The maximum atomic E-state index is 12.8. The Kier molecular flexibility index (Phi) is 7.08. The van der Waals surface area contributed by atoms with E-state index >= 15 is 0 Å². The van der Waals surface area contributed by atoms with Gasteiger partial charge in [-0.2, -0.15) is 0 Å². The van der Waals surface area contributed by atoms with E-state index in [4.69, 9.17) is 16.3 Å². The molecule has 1 aliphatic heterocycles. The minimum absolute atomic E-state index is 0.0489. The summed E-state index contributed by atoms with van der Waals surface area (Å²) in [5.41, 5.74) is 0.683. The average Bonchev–Trinajstić information content (AvgIpc) is 2.99. The number of amides is 1. The molecular formula is C19H29ClN2O2. The van der Waals surface area contributed by atoms with Crippen LogP contribution in [0.25, 0.3) is 0 Å². The van der Waals surface area contributed by atoms with Crippen LogP contribution in [-0.4, -0.2) is 61.6 Å². The van der Waals surface area contributed by atoms with Gasteiger partial charge in [-0.25, -0.2) is 0 Å². The number of nitrogens with zero attached hydrogens (tertiary/aromatic N) is 2. The van der Waals surface area contributed by atoms with Crippen LogP contribution >= 0.6 is 11.6 Å². The second-order valence-corrected chi connectivity index (χ2v) is 7.42. The van der Waals surface area contributed by atoms with Crippen LogP contribution in [-0.2, 0) is 4.74 Å². The Hall–Kier alpha value is -1.10. The predicted molar refractivity (Wildman–Crippen MR) is 98.6 cm³/mol. The molecule has 1 saturated heterocycles. The third-order valence-electron chi connectivity index (χ3n) is 4.96. The lowest BCUT2D eigenvalue weighted by molar-refractivity contribution is 0.0555. The Morgan fingerprint density at radius 1 is 1.38 bits per heavy atom. The molecule has 1 fully saturated rings. The molecule has 0 aliphatic carbocycles. The van der Waals surface area contributed by atoms with Crippen molar-refractivity contribution in [2.24, 2.45) is 5.92 Å². The Bertz CT molecular complexity index is 533. The van der Waals surface area contributed by atoms with Gasteiger partial charge in [0.05, 0.1) is 6.61 Å². The predicted octanol–water partition coefficient (Wildman–Crippen LogP) is 3.55. The van der Waals surface area contributed by atoms with E-state index in [0.717, 1.165) is 19.7 Å². The topological polar surface area (TPSA) is 32.8 Å². The van der Waals surface area contributed by atoms with Crippen molar-refractivity contribution in [2.45, 2.75) is 38.8 Å². The van der Waals surface area contributed by atoms with E-state index in [2.05, 4.69) is 18.7 Å². The van der Waals surface area contributed by atoms with Crippen molar-refractivity contribution >= 4 is 17.5 Å². The van der Waals surface area contributed by atoms with Crippen molar-refractivity contribution in [1.82, 2.24) is 9.80 Å². The van der Waals surface area contributed by atoms with E-state index in [0.29, 0.717) is 22.5 Å². The van der Waals surface area contributed by atoms with Gasteiger partial charge in [0.1, 0.15) is 0 Å². The number of likely N-dealkylation sites (N-methyl/N-ethyl adjacent to an activating group) is 1. The van der Waals surface area contributed by atoms with Gasteiger partial charge in [-0.1, -0.05) is 25.4 Å². The third kappa shape index (κ3) is 4.71. The molecule has 0 radical (unpaired) electrons. The first-order chi connectivity index (χ1) is 11.4. The number of ether oxygens (including phenoxy) is 1. The minimum atomic E-state index is 0.0489. The number of likely N-dealkylation sites (tertiary alicyclic amines) is 1. The molecule has 4 nitrogen and oxygen atoms in total. The zero-order chi connectivity index (χ0) is 17.7. The van der Waals surface area contributed by atoms with Gasteiger partial charge in [0, 0.05) is 43.4 Å². The number of carbonyl (C=O) groups is 1. The van der Waals surface area contributed by atoms with E-state index in [-0.39, 0.29) is 11.9 Å². The van der Waals surface area contributed by atoms with Gasteiger partial charge in [-0.05, 0) is 49.6 Å². The number of benzene rings is 1. The average molecular weight is 353 g/mol. The molecule has 134 valence electrons. The van der Waals surface area contributed by atoms with Gasteiger partial charge < -0.3 is 9.64 Å². The molecule has 2 atom stereocenters.